The Morgan fingerprint density at radius 2 is 1.56 bits per heavy atom. The van der Waals surface area contributed by atoms with Crippen LogP contribution in [0, 0.1) is 6.92 Å². The highest BCUT2D eigenvalue weighted by molar-refractivity contribution is 5.73. The third kappa shape index (κ3) is 1.80. The van der Waals surface area contributed by atoms with Gasteiger partial charge < -0.3 is 15.3 Å². The Hall–Kier alpha value is -2.16. The molecule has 0 saturated carbocycles. The molecule has 2 rings (SSSR count). The number of rotatable bonds is 1. The zero-order valence-electron chi connectivity index (χ0n) is 8.81. The maximum atomic E-state index is 9.66. The Bertz CT molecular complexity index is 533. The van der Waals surface area contributed by atoms with Crippen LogP contribution in [0.4, 0.5) is 0 Å². The van der Waals surface area contributed by atoms with Gasteiger partial charge >= 0.3 is 0 Å². The van der Waals surface area contributed by atoms with Crippen molar-refractivity contribution >= 4 is 0 Å². The number of phenolic OH excluding ortho intramolecular Hbond substituents is 3. The summed E-state index contributed by atoms with van der Waals surface area (Å²) >= 11 is 0. The highest BCUT2D eigenvalue weighted by Gasteiger charge is 2.07. The standard InChI is InChI=1S/C13H12O3/c1-8-2-3-9(6-13(8)16)11-7-10(14)4-5-12(11)15/h2-7,14-16H,1H3. The van der Waals surface area contributed by atoms with E-state index in [0.717, 1.165) is 5.56 Å². The molecular formula is C13H12O3. The summed E-state index contributed by atoms with van der Waals surface area (Å²) < 4.78 is 0. The third-order valence-electron chi connectivity index (χ3n) is 2.50. The van der Waals surface area contributed by atoms with Crippen LogP contribution in [0.3, 0.4) is 0 Å². The van der Waals surface area contributed by atoms with Crippen molar-refractivity contribution in [1.82, 2.24) is 0 Å². The zero-order chi connectivity index (χ0) is 11.7. The second-order valence-electron chi connectivity index (χ2n) is 3.70. The van der Waals surface area contributed by atoms with Gasteiger partial charge in [0.25, 0.3) is 0 Å². The average molecular weight is 216 g/mol. The van der Waals surface area contributed by atoms with Gasteiger partial charge in [-0.25, -0.2) is 0 Å². The van der Waals surface area contributed by atoms with Gasteiger partial charge in [-0.15, -0.1) is 0 Å². The van der Waals surface area contributed by atoms with Gasteiger partial charge in [-0.2, -0.15) is 0 Å². The average Bonchev–Trinajstić information content (AvgIpc) is 2.26. The first-order chi connectivity index (χ1) is 7.58. The Kier molecular flexibility index (Phi) is 2.44. The molecule has 0 fully saturated rings. The van der Waals surface area contributed by atoms with Gasteiger partial charge in [0.1, 0.15) is 17.2 Å². The fourth-order valence-corrected chi connectivity index (χ4v) is 1.53. The smallest absolute Gasteiger partial charge is 0.123 e. The molecule has 0 aliphatic carbocycles. The van der Waals surface area contributed by atoms with E-state index in [9.17, 15) is 15.3 Å². The highest BCUT2D eigenvalue weighted by Crippen LogP contribution is 2.34. The van der Waals surface area contributed by atoms with E-state index in [1.54, 1.807) is 25.1 Å². The van der Waals surface area contributed by atoms with Crippen molar-refractivity contribution in [2.75, 3.05) is 0 Å². The molecule has 0 aromatic heterocycles. The molecule has 0 unspecified atom stereocenters. The first kappa shape index (κ1) is 10.4. The molecule has 0 bridgehead atoms. The van der Waals surface area contributed by atoms with Crippen LogP contribution in [0.15, 0.2) is 36.4 Å². The lowest BCUT2D eigenvalue weighted by Crippen LogP contribution is -1.81. The quantitative estimate of drug-likeness (QED) is 0.642. The molecule has 0 saturated heterocycles. The van der Waals surface area contributed by atoms with Gasteiger partial charge in [-0.05, 0) is 42.3 Å². The van der Waals surface area contributed by atoms with Crippen LogP contribution in [0.5, 0.6) is 17.2 Å². The molecule has 16 heavy (non-hydrogen) atoms. The fraction of sp³-hybridized carbons (Fsp3) is 0.0769. The minimum atomic E-state index is 0.0704. The number of hydrogen-bond donors (Lipinski definition) is 3. The molecule has 0 spiro atoms. The van der Waals surface area contributed by atoms with E-state index in [-0.39, 0.29) is 17.2 Å². The maximum Gasteiger partial charge on any atom is 0.123 e. The van der Waals surface area contributed by atoms with Crippen molar-refractivity contribution in [3.05, 3.63) is 42.0 Å². The van der Waals surface area contributed by atoms with Crippen LogP contribution in [0.1, 0.15) is 5.56 Å². The SMILES string of the molecule is Cc1ccc(-c2cc(O)ccc2O)cc1O. The maximum absolute atomic E-state index is 9.66. The molecule has 0 radical (unpaired) electrons. The third-order valence-corrected chi connectivity index (χ3v) is 2.50. The number of hydrogen-bond acceptors (Lipinski definition) is 3. The number of benzene rings is 2. The molecule has 82 valence electrons. The Morgan fingerprint density at radius 1 is 0.812 bits per heavy atom. The molecule has 0 heterocycles. The lowest BCUT2D eigenvalue weighted by Gasteiger charge is -2.07. The van der Waals surface area contributed by atoms with Crippen LogP contribution in [0.2, 0.25) is 0 Å². The van der Waals surface area contributed by atoms with Crippen LogP contribution < -0.4 is 0 Å². The number of phenols is 3. The lowest BCUT2D eigenvalue weighted by atomic mass is 10.0. The molecular weight excluding hydrogens is 204 g/mol. The summed E-state index contributed by atoms with van der Waals surface area (Å²) in [6, 6.07) is 9.38. The van der Waals surface area contributed by atoms with E-state index >= 15 is 0 Å². The Labute approximate surface area is 93.2 Å². The summed E-state index contributed by atoms with van der Waals surface area (Å²) in [5.41, 5.74) is 1.93. The van der Waals surface area contributed by atoms with Crippen LogP contribution in [0.25, 0.3) is 11.1 Å². The Balaban J connectivity index is 2.58. The highest BCUT2D eigenvalue weighted by atomic mass is 16.3. The second kappa shape index (κ2) is 3.77. The molecule has 3 N–H and O–H groups in total. The van der Waals surface area contributed by atoms with E-state index in [2.05, 4.69) is 0 Å². The molecule has 3 nitrogen and oxygen atoms in total. The molecule has 0 amide bonds. The van der Waals surface area contributed by atoms with Gasteiger partial charge in [0.05, 0.1) is 0 Å². The van der Waals surface area contributed by atoms with E-state index in [1.165, 1.54) is 18.2 Å². The first-order valence-electron chi connectivity index (χ1n) is 4.90. The monoisotopic (exact) mass is 216 g/mol. The summed E-state index contributed by atoms with van der Waals surface area (Å²) in [4.78, 5) is 0. The first-order valence-corrected chi connectivity index (χ1v) is 4.90. The van der Waals surface area contributed by atoms with Crippen molar-refractivity contribution in [3.63, 3.8) is 0 Å². The molecule has 2 aromatic carbocycles. The predicted octanol–water partition coefficient (Wildman–Crippen LogP) is 2.78. The molecule has 2 aromatic rings. The van der Waals surface area contributed by atoms with E-state index in [4.69, 9.17) is 0 Å². The molecule has 0 aliphatic rings. The van der Waals surface area contributed by atoms with E-state index in [1.807, 2.05) is 0 Å². The van der Waals surface area contributed by atoms with Gasteiger partial charge in [-0.1, -0.05) is 12.1 Å². The van der Waals surface area contributed by atoms with Crippen LogP contribution in [-0.4, -0.2) is 15.3 Å². The summed E-state index contributed by atoms with van der Waals surface area (Å²) in [5, 5.41) is 28.6. The topological polar surface area (TPSA) is 60.7 Å². The fourth-order valence-electron chi connectivity index (χ4n) is 1.53. The summed E-state index contributed by atoms with van der Waals surface area (Å²) in [5.74, 6) is 0.314. The molecule has 0 aliphatic heterocycles. The van der Waals surface area contributed by atoms with E-state index < -0.39 is 0 Å². The van der Waals surface area contributed by atoms with Crippen molar-refractivity contribution in [2.45, 2.75) is 6.92 Å². The van der Waals surface area contributed by atoms with Gasteiger partial charge in [0.2, 0.25) is 0 Å². The summed E-state index contributed by atoms with van der Waals surface area (Å²) in [7, 11) is 0. The van der Waals surface area contributed by atoms with Gasteiger partial charge in [-0.3, -0.25) is 0 Å². The minimum Gasteiger partial charge on any atom is -0.508 e. The largest absolute Gasteiger partial charge is 0.508 e. The molecule has 3 heteroatoms. The number of aryl methyl sites for hydroxylation is 1. The second-order valence-corrected chi connectivity index (χ2v) is 3.70. The van der Waals surface area contributed by atoms with Crippen molar-refractivity contribution < 1.29 is 15.3 Å². The lowest BCUT2D eigenvalue weighted by molar-refractivity contribution is 0.461. The van der Waals surface area contributed by atoms with Crippen LogP contribution in [-0.2, 0) is 0 Å². The van der Waals surface area contributed by atoms with Crippen molar-refractivity contribution in [1.29, 1.82) is 0 Å². The Morgan fingerprint density at radius 3 is 2.25 bits per heavy atom. The van der Waals surface area contributed by atoms with Crippen molar-refractivity contribution in [3.8, 4) is 28.4 Å². The minimum absolute atomic E-state index is 0.0704. The number of aromatic hydroxyl groups is 3. The van der Waals surface area contributed by atoms with Gasteiger partial charge in [0.15, 0.2) is 0 Å². The molecule has 0 atom stereocenters. The summed E-state index contributed by atoms with van der Waals surface area (Å²) in [6.45, 7) is 1.79. The van der Waals surface area contributed by atoms with Crippen LogP contribution >= 0.6 is 0 Å². The normalized spacial score (nSPS) is 10.3. The summed E-state index contributed by atoms with van der Waals surface area (Å²) in [6.07, 6.45) is 0. The predicted molar refractivity (Wildman–Crippen MR) is 61.6 cm³/mol. The van der Waals surface area contributed by atoms with E-state index in [0.29, 0.717) is 11.1 Å². The zero-order valence-corrected chi connectivity index (χ0v) is 8.81. The van der Waals surface area contributed by atoms with Crippen molar-refractivity contribution in [2.24, 2.45) is 0 Å². The van der Waals surface area contributed by atoms with Gasteiger partial charge in [0, 0.05) is 5.56 Å².